The third kappa shape index (κ3) is 2.97. The molecule has 1 aliphatic heterocycles. The van der Waals surface area contributed by atoms with E-state index in [1.54, 1.807) is 0 Å². The van der Waals surface area contributed by atoms with Crippen molar-refractivity contribution in [1.29, 1.82) is 0 Å². The second kappa shape index (κ2) is 5.61. The number of nitrogens with one attached hydrogen (secondary N) is 1. The second-order valence-corrected chi connectivity index (χ2v) is 4.16. The normalized spacial score (nSPS) is 22.3. The number of carbonyl (C=O) groups is 2. The van der Waals surface area contributed by atoms with Gasteiger partial charge in [0.25, 0.3) is 0 Å². The minimum Gasteiger partial charge on any atom is -0.480 e. The predicted molar refractivity (Wildman–Crippen MR) is 64.6 cm³/mol. The number of carbonyl (C=O) groups excluding carboxylic acids is 1. The fourth-order valence-electron chi connectivity index (χ4n) is 1.99. The van der Waals surface area contributed by atoms with Gasteiger partial charge in [-0.15, -0.1) is 0 Å². The Hall–Kier alpha value is -2.22. The highest BCUT2D eigenvalue weighted by atomic mass is 16.5. The van der Waals surface area contributed by atoms with Crippen molar-refractivity contribution < 1.29 is 19.4 Å². The summed E-state index contributed by atoms with van der Waals surface area (Å²) in [6.45, 7) is 0.243. The summed E-state index contributed by atoms with van der Waals surface area (Å²) in [6, 6.07) is -1.38. The summed E-state index contributed by atoms with van der Waals surface area (Å²) >= 11 is 0. The van der Waals surface area contributed by atoms with Crippen LogP contribution in [0.4, 0.5) is 10.5 Å². The molecule has 2 heterocycles. The van der Waals surface area contributed by atoms with Gasteiger partial charge in [-0.2, -0.15) is 0 Å². The minimum absolute atomic E-state index is 0.243. The molecule has 2 amide bonds. The van der Waals surface area contributed by atoms with Crippen LogP contribution >= 0.6 is 0 Å². The maximum Gasteiger partial charge on any atom is 0.326 e. The van der Waals surface area contributed by atoms with E-state index in [0.717, 1.165) is 0 Å². The van der Waals surface area contributed by atoms with E-state index in [0.29, 0.717) is 5.69 Å². The van der Waals surface area contributed by atoms with Gasteiger partial charge in [-0.05, 0) is 0 Å². The third-order valence-electron chi connectivity index (χ3n) is 2.95. The van der Waals surface area contributed by atoms with E-state index in [4.69, 9.17) is 9.84 Å². The number of amides is 2. The van der Waals surface area contributed by atoms with E-state index in [1.165, 1.54) is 30.7 Å². The smallest absolute Gasteiger partial charge is 0.326 e. The maximum absolute atomic E-state index is 12.0. The molecule has 1 fully saturated rings. The number of likely N-dealkylation sites (tertiary alicyclic amines) is 1. The van der Waals surface area contributed by atoms with Gasteiger partial charge in [0.15, 0.2) is 0 Å². The quantitative estimate of drug-likeness (QED) is 0.808. The topological polar surface area (TPSA) is 105 Å². The first kappa shape index (κ1) is 13.2. The van der Waals surface area contributed by atoms with E-state index in [1.807, 2.05) is 0 Å². The van der Waals surface area contributed by atoms with E-state index in [-0.39, 0.29) is 19.1 Å². The SMILES string of the molecule is COC1CC(C(=O)O)N(C(=O)Nc2cncnc2)C1. The Balaban J connectivity index is 2.07. The van der Waals surface area contributed by atoms with Crippen LogP contribution in [0.25, 0.3) is 0 Å². The fourth-order valence-corrected chi connectivity index (χ4v) is 1.99. The lowest BCUT2D eigenvalue weighted by Gasteiger charge is -2.21. The van der Waals surface area contributed by atoms with Gasteiger partial charge in [0.1, 0.15) is 12.4 Å². The highest BCUT2D eigenvalue weighted by Crippen LogP contribution is 2.21. The molecule has 0 radical (unpaired) electrons. The van der Waals surface area contributed by atoms with Gasteiger partial charge in [-0.3, -0.25) is 0 Å². The Morgan fingerprint density at radius 2 is 2.16 bits per heavy atom. The number of aromatic nitrogens is 2. The van der Waals surface area contributed by atoms with Crippen molar-refractivity contribution in [3.05, 3.63) is 18.7 Å². The van der Waals surface area contributed by atoms with Crippen molar-refractivity contribution in [1.82, 2.24) is 14.9 Å². The van der Waals surface area contributed by atoms with Gasteiger partial charge < -0.3 is 20.1 Å². The number of rotatable bonds is 3. The average molecular weight is 266 g/mol. The Kier molecular flexibility index (Phi) is 3.91. The Morgan fingerprint density at radius 3 is 2.74 bits per heavy atom. The summed E-state index contributed by atoms with van der Waals surface area (Å²) in [5, 5.41) is 11.7. The van der Waals surface area contributed by atoms with Crippen LogP contribution in [0.1, 0.15) is 6.42 Å². The number of carboxylic acids is 1. The fraction of sp³-hybridized carbons (Fsp3) is 0.455. The van der Waals surface area contributed by atoms with Crippen LogP contribution in [-0.2, 0) is 9.53 Å². The molecule has 1 aromatic rings. The molecular formula is C11H14N4O4. The molecule has 102 valence electrons. The number of carboxylic acid groups (broad SMARTS) is 1. The van der Waals surface area contributed by atoms with Crippen LogP contribution in [0.3, 0.4) is 0 Å². The zero-order chi connectivity index (χ0) is 13.8. The largest absolute Gasteiger partial charge is 0.480 e. The molecule has 0 aliphatic carbocycles. The number of aliphatic carboxylic acids is 1. The number of hydrogen-bond acceptors (Lipinski definition) is 5. The molecule has 8 nitrogen and oxygen atoms in total. The van der Waals surface area contributed by atoms with Crippen LogP contribution in [0.5, 0.6) is 0 Å². The number of ether oxygens (including phenoxy) is 1. The first-order valence-corrected chi connectivity index (χ1v) is 5.70. The van der Waals surface area contributed by atoms with Crippen molar-refractivity contribution in [2.45, 2.75) is 18.6 Å². The molecule has 2 N–H and O–H groups in total. The third-order valence-corrected chi connectivity index (χ3v) is 2.95. The number of methoxy groups -OCH3 is 1. The lowest BCUT2D eigenvalue weighted by Crippen LogP contribution is -2.43. The highest BCUT2D eigenvalue weighted by Gasteiger charge is 2.39. The zero-order valence-electron chi connectivity index (χ0n) is 10.3. The Labute approximate surface area is 109 Å². The minimum atomic E-state index is -1.04. The molecule has 2 unspecified atom stereocenters. The first-order chi connectivity index (χ1) is 9.11. The van der Waals surface area contributed by atoms with Gasteiger partial charge in [0, 0.05) is 20.1 Å². The molecule has 0 saturated carbocycles. The van der Waals surface area contributed by atoms with Crippen LogP contribution in [-0.4, -0.2) is 57.8 Å². The number of nitrogens with zero attached hydrogens (tertiary/aromatic N) is 3. The van der Waals surface area contributed by atoms with Crippen molar-refractivity contribution in [2.75, 3.05) is 19.0 Å². The lowest BCUT2D eigenvalue weighted by atomic mass is 10.2. The van der Waals surface area contributed by atoms with Gasteiger partial charge in [0.05, 0.1) is 24.2 Å². The Bertz CT molecular complexity index is 467. The summed E-state index contributed by atoms with van der Waals surface area (Å²) < 4.78 is 5.11. The van der Waals surface area contributed by atoms with Crippen molar-refractivity contribution in [3.8, 4) is 0 Å². The number of urea groups is 1. The second-order valence-electron chi connectivity index (χ2n) is 4.16. The molecule has 0 spiro atoms. The van der Waals surface area contributed by atoms with Gasteiger partial charge in [0.2, 0.25) is 0 Å². The molecule has 0 bridgehead atoms. The summed E-state index contributed by atoms with van der Waals surface area (Å²) in [4.78, 5) is 31.9. The van der Waals surface area contributed by atoms with E-state index in [2.05, 4.69) is 15.3 Å². The van der Waals surface area contributed by atoms with E-state index < -0.39 is 18.0 Å². The Morgan fingerprint density at radius 1 is 1.47 bits per heavy atom. The molecular weight excluding hydrogens is 252 g/mol. The van der Waals surface area contributed by atoms with Crippen LogP contribution in [0.15, 0.2) is 18.7 Å². The van der Waals surface area contributed by atoms with Crippen LogP contribution in [0.2, 0.25) is 0 Å². The van der Waals surface area contributed by atoms with Crippen LogP contribution in [0, 0.1) is 0 Å². The maximum atomic E-state index is 12.0. The molecule has 19 heavy (non-hydrogen) atoms. The molecule has 2 atom stereocenters. The molecule has 2 rings (SSSR count). The summed E-state index contributed by atoms with van der Waals surface area (Å²) in [5.74, 6) is -1.04. The molecule has 1 aromatic heterocycles. The predicted octanol–water partition coefficient (Wildman–Crippen LogP) is 0.182. The van der Waals surface area contributed by atoms with Crippen molar-refractivity contribution in [3.63, 3.8) is 0 Å². The average Bonchev–Trinajstić information content (AvgIpc) is 2.84. The highest BCUT2D eigenvalue weighted by molar-refractivity contribution is 5.92. The van der Waals surface area contributed by atoms with Gasteiger partial charge in [-0.1, -0.05) is 0 Å². The van der Waals surface area contributed by atoms with E-state index >= 15 is 0 Å². The lowest BCUT2D eigenvalue weighted by molar-refractivity contribution is -0.141. The van der Waals surface area contributed by atoms with Gasteiger partial charge in [-0.25, -0.2) is 19.6 Å². The monoisotopic (exact) mass is 266 g/mol. The standard InChI is InChI=1S/C11H14N4O4/c1-19-8-2-9(10(16)17)15(5-8)11(18)14-7-3-12-6-13-4-7/h3-4,6,8-9H,2,5H2,1H3,(H,14,18)(H,16,17). The molecule has 1 aliphatic rings. The molecule has 0 aromatic carbocycles. The van der Waals surface area contributed by atoms with Crippen molar-refractivity contribution in [2.24, 2.45) is 0 Å². The van der Waals surface area contributed by atoms with Crippen LogP contribution < -0.4 is 5.32 Å². The number of hydrogen-bond donors (Lipinski definition) is 2. The summed E-state index contributed by atoms with van der Waals surface area (Å²) in [5.41, 5.74) is 0.414. The summed E-state index contributed by atoms with van der Waals surface area (Å²) in [6.07, 6.45) is 4.23. The number of anilines is 1. The van der Waals surface area contributed by atoms with Crippen molar-refractivity contribution >= 4 is 17.7 Å². The van der Waals surface area contributed by atoms with E-state index in [9.17, 15) is 9.59 Å². The summed E-state index contributed by atoms with van der Waals surface area (Å²) in [7, 11) is 1.50. The molecule has 8 heteroatoms. The van der Waals surface area contributed by atoms with Gasteiger partial charge >= 0.3 is 12.0 Å². The first-order valence-electron chi connectivity index (χ1n) is 5.70. The zero-order valence-corrected chi connectivity index (χ0v) is 10.3. The molecule has 1 saturated heterocycles.